The molecule has 0 bridgehead atoms. The van der Waals surface area contributed by atoms with Gasteiger partial charge in [-0.15, -0.1) is 0 Å². The summed E-state index contributed by atoms with van der Waals surface area (Å²) >= 11 is 5.99. The number of carbonyl (C=O) groups is 1. The van der Waals surface area contributed by atoms with Crippen molar-refractivity contribution in [2.24, 2.45) is 0 Å². The second-order valence-electron chi connectivity index (χ2n) is 5.63. The molecule has 0 unspecified atom stereocenters. The first-order chi connectivity index (χ1) is 12.5. The Hall–Kier alpha value is -2.25. The van der Waals surface area contributed by atoms with Gasteiger partial charge in [-0.25, -0.2) is 8.42 Å². The van der Waals surface area contributed by atoms with Gasteiger partial charge in [-0.1, -0.05) is 29.8 Å². The van der Waals surface area contributed by atoms with Crippen molar-refractivity contribution in [1.82, 2.24) is 0 Å². The predicted molar refractivity (Wildman–Crippen MR) is 95.3 cm³/mol. The molecule has 1 aliphatic rings. The zero-order chi connectivity index (χ0) is 18.6. The number of fused-ring (bicyclic) bond motifs is 1. The maximum atomic E-state index is 12.4. The molecule has 0 amide bonds. The fourth-order valence-electron chi connectivity index (χ4n) is 2.40. The lowest BCUT2D eigenvalue weighted by molar-refractivity contribution is -0.144. The maximum absolute atomic E-state index is 12.4. The average molecular weight is 397 g/mol. The van der Waals surface area contributed by atoms with E-state index in [1.54, 1.807) is 30.3 Å². The number of esters is 1. The summed E-state index contributed by atoms with van der Waals surface area (Å²) in [5.74, 6) is -0.0624. The molecule has 0 radical (unpaired) electrons. The van der Waals surface area contributed by atoms with E-state index in [0.29, 0.717) is 35.3 Å². The number of hydrogen-bond donors (Lipinski definition) is 0. The molecule has 6 nitrogen and oxygen atoms in total. The maximum Gasteiger partial charge on any atom is 0.307 e. The van der Waals surface area contributed by atoms with Crippen LogP contribution in [0.5, 0.6) is 11.5 Å². The molecule has 0 saturated carbocycles. The number of ether oxygens (including phenoxy) is 3. The van der Waals surface area contributed by atoms with Crippen LogP contribution >= 0.6 is 11.6 Å². The van der Waals surface area contributed by atoms with Crippen molar-refractivity contribution >= 4 is 27.4 Å². The summed E-state index contributed by atoms with van der Waals surface area (Å²) in [7, 11) is -3.64. The van der Waals surface area contributed by atoms with Crippen LogP contribution in [0.25, 0.3) is 0 Å². The van der Waals surface area contributed by atoms with Crippen LogP contribution in [0.15, 0.2) is 47.4 Å². The summed E-state index contributed by atoms with van der Waals surface area (Å²) in [6.45, 7) is 0.795. The second kappa shape index (κ2) is 7.97. The number of carbonyl (C=O) groups excluding carboxylic acids is 1. The van der Waals surface area contributed by atoms with E-state index >= 15 is 0 Å². The van der Waals surface area contributed by atoms with Crippen LogP contribution in [-0.4, -0.2) is 33.4 Å². The molecule has 0 fully saturated rings. The Morgan fingerprint density at radius 3 is 2.58 bits per heavy atom. The van der Waals surface area contributed by atoms with E-state index in [1.165, 1.54) is 12.1 Å². The molecule has 2 aromatic carbocycles. The van der Waals surface area contributed by atoms with E-state index in [-0.39, 0.29) is 23.7 Å². The predicted octanol–water partition coefficient (Wildman–Crippen LogP) is 3.02. The van der Waals surface area contributed by atoms with Crippen molar-refractivity contribution < 1.29 is 27.4 Å². The van der Waals surface area contributed by atoms with Gasteiger partial charge in [0.25, 0.3) is 0 Å². The minimum Gasteiger partial charge on any atom is -0.486 e. The van der Waals surface area contributed by atoms with Crippen LogP contribution in [0, 0.1) is 0 Å². The third-order valence-corrected chi connectivity index (χ3v) is 5.88. The Labute approximate surface area is 156 Å². The van der Waals surface area contributed by atoms with Gasteiger partial charge in [-0.3, -0.25) is 4.79 Å². The molecule has 138 valence electrons. The van der Waals surface area contributed by atoms with Gasteiger partial charge in [0, 0.05) is 16.7 Å². The molecule has 8 heteroatoms. The summed E-state index contributed by atoms with van der Waals surface area (Å²) in [4.78, 5) is 11.9. The Balaban J connectivity index is 1.58. The quantitative estimate of drug-likeness (QED) is 0.698. The summed E-state index contributed by atoms with van der Waals surface area (Å²) in [5.41, 5.74) is 0.664. The molecule has 0 aromatic heterocycles. The molecule has 1 aliphatic heterocycles. The first-order valence-corrected chi connectivity index (χ1v) is 10.0. The third kappa shape index (κ3) is 4.47. The van der Waals surface area contributed by atoms with E-state index < -0.39 is 15.8 Å². The number of sulfone groups is 1. The van der Waals surface area contributed by atoms with E-state index in [0.717, 1.165) is 0 Å². The van der Waals surface area contributed by atoms with Crippen molar-refractivity contribution in [3.05, 3.63) is 53.1 Å². The second-order valence-corrected chi connectivity index (χ2v) is 8.14. The van der Waals surface area contributed by atoms with Gasteiger partial charge in [0.05, 0.1) is 17.1 Å². The van der Waals surface area contributed by atoms with Crippen molar-refractivity contribution in [3.8, 4) is 11.5 Å². The molecule has 1 heterocycles. The highest BCUT2D eigenvalue weighted by Gasteiger charge is 2.21. The largest absolute Gasteiger partial charge is 0.486 e. The molecule has 0 N–H and O–H groups in total. The van der Waals surface area contributed by atoms with Gasteiger partial charge in [-0.2, -0.15) is 0 Å². The Kier molecular flexibility index (Phi) is 5.68. The van der Waals surface area contributed by atoms with E-state index in [2.05, 4.69) is 0 Å². The van der Waals surface area contributed by atoms with Gasteiger partial charge < -0.3 is 14.2 Å². The number of benzene rings is 2. The minimum atomic E-state index is -3.64. The van der Waals surface area contributed by atoms with Crippen molar-refractivity contribution in [3.63, 3.8) is 0 Å². The lowest BCUT2D eigenvalue weighted by Gasteiger charge is -2.18. The van der Waals surface area contributed by atoms with E-state index in [4.69, 9.17) is 25.8 Å². The first kappa shape index (κ1) is 18.5. The molecule has 2 aromatic rings. The van der Waals surface area contributed by atoms with Gasteiger partial charge in [0.2, 0.25) is 0 Å². The monoisotopic (exact) mass is 396 g/mol. The highest BCUT2D eigenvalue weighted by molar-refractivity contribution is 7.91. The van der Waals surface area contributed by atoms with Gasteiger partial charge in [-0.05, 0) is 18.2 Å². The smallest absolute Gasteiger partial charge is 0.307 e. The number of halogens is 1. The lowest BCUT2D eigenvalue weighted by atomic mass is 10.2. The highest BCUT2D eigenvalue weighted by Crippen LogP contribution is 2.32. The molecule has 3 rings (SSSR count). The Bertz CT molecular complexity index is 910. The van der Waals surface area contributed by atoms with Crippen LogP contribution < -0.4 is 9.47 Å². The summed E-state index contributed by atoms with van der Waals surface area (Å²) in [6, 6.07) is 11.4. The summed E-state index contributed by atoms with van der Waals surface area (Å²) in [5, 5.41) is 0.490. The fraction of sp³-hybridized carbons (Fsp3) is 0.278. The standard InChI is InChI=1S/C18H17ClO6S/c19-15-4-2-1-3-13(15)12-25-18(20)7-10-26(21,22)14-5-6-16-17(11-14)24-9-8-23-16/h1-6,11H,7-10,12H2. The highest BCUT2D eigenvalue weighted by atomic mass is 35.5. The Morgan fingerprint density at radius 2 is 1.81 bits per heavy atom. The van der Waals surface area contributed by atoms with E-state index in [9.17, 15) is 13.2 Å². The van der Waals surface area contributed by atoms with Crippen molar-refractivity contribution in [1.29, 1.82) is 0 Å². The van der Waals surface area contributed by atoms with Crippen molar-refractivity contribution in [2.75, 3.05) is 19.0 Å². The first-order valence-electron chi connectivity index (χ1n) is 7.97. The Morgan fingerprint density at radius 1 is 1.08 bits per heavy atom. The minimum absolute atomic E-state index is 0.00256. The van der Waals surface area contributed by atoms with Gasteiger partial charge >= 0.3 is 5.97 Å². The normalized spacial score (nSPS) is 13.3. The zero-order valence-corrected chi connectivity index (χ0v) is 15.4. The fourth-order valence-corrected chi connectivity index (χ4v) is 3.82. The lowest BCUT2D eigenvalue weighted by Crippen LogP contribution is -2.17. The SMILES string of the molecule is O=C(CCS(=O)(=O)c1ccc2c(c1)OCCO2)OCc1ccccc1Cl. The summed E-state index contributed by atoms with van der Waals surface area (Å²) < 4.78 is 40.7. The topological polar surface area (TPSA) is 78.9 Å². The molecule has 0 spiro atoms. The van der Waals surface area contributed by atoms with Crippen molar-refractivity contribution in [2.45, 2.75) is 17.9 Å². The van der Waals surface area contributed by atoms with Crippen LogP contribution in [-0.2, 0) is 26.0 Å². The molecular formula is C18H17ClO6S. The summed E-state index contributed by atoms with van der Waals surface area (Å²) in [6.07, 6.45) is -0.249. The molecule has 26 heavy (non-hydrogen) atoms. The van der Waals surface area contributed by atoms with Crippen LogP contribution in [0.1, 0.15) is 12.0 Å². The molecule has 0 saturated heterocycles. The van der Waals surface area contributed by atoms with Crippen LogP contribution in [0.4, 0.5) is 0 Å². The average Bonchev–Trinajstić information content (AvgIpc) is 2.65. The zero-order valence-electron chi connectivity index (χ0n) is 13.8. The third-order valence-electron chi connectivity index (χ3n) is 3.79. The van der Waals surface area contributed by atoms with Crippen LogP contribution in [0.3, 0.4) is 0 Å². The van der Waals surface area contributed by atoms with Gasteiger partial charge in [0.1, 0.15) is 19.8 Å². The molecular weight excluding hydrogens is 380 g/mol. The van der Waals surface area contributed by atoms with Gasteiger partial charge in [0.15, 0.2) is 21.3 Å². The van der Waals surface area contributed by atoms with E-state index in [1.807, 2.05) is 0 Å². The number of hydrogen-bond acceptors (Lipinski definition) is 6. The molecule has 0 aliphatic carbocycles. The molecule has 0 atom stereocenters. The number of rotatable bonds is 6. The van der Waals surface area contributed by atoms with Crippen LogP contribution in [0.2, 0.25) is 5.02 Å².